The van der Waals surface area contributed by atoms with Crippen LogP contribution in [-0.2, 0) is 4.74 Å². The van der Waals surface area contributed by atoms with Crippen LogP contribution in [0.25, 0.3) is 0 Å². The summed E-state index contributed by atoms with van der Waals surface area (Å²) in [6.45, 7) is 3.41. The molecule has 0 radical (unpaired) electrons. The minimum absolute atomic E-state index is 0.312. The van der Waals surface area contributed by atoms with Gasteiger partial charge in [0, 0.05) is 12.6 Å². The van der Waals surface area contributed by atoms with Gasteiger partial charge in [0.05, 0.1) is 19.3 Å². The molecule has 2 atom stereocenters. The van der Waals surface area contributed by atoms with Gasteiger partial charge in [0.15, 0.2) is 0 Å². The molecule has 0 aliphatic carbocycles. The quantitative estimate of drug-likeness (QED) is 0.618. The number of aliphatic hydroxyl groups is 1. The first-order valence-electron chi connectivity index (χ1n) is 4.86. The lowest BCUT2D eigenvalue weighted by atomic mass is 10.0. The Balaban J connectivity index is 1.81. The molecule has 0 aromatic rings. The number of likely N-dealkylation sites (tertiary alicyclic amines) is 1. The zero-order chi connectivity index (χ0) is 8.39. The van der Waals surface area contributed by atoms with Gasteiger partial charge in [0.2, 0.25) is 0 Å². The third-order valence-corrected chi connectivity index (χ3v) is 2.80. The molecule has 2 fully saturated rings. The molecule has 70 valence electrons. The molecule has 0 bridgehead atoms. The highest BCUT2D eigenvalue weighted by molar-refractivity contribution is 4.82. The van der Waals surface area contributed by atoms with E-state index in [1.54, 1.807) is 0 Å². The van der Waals surface area contributed by atoms with Crippen LogP contribution in [0.15, 0.2) is 0 Å². The summed E-state index contributed by atoms with van der Waals surface area (Å²) >= 11 is 0. The first-order valence-corrected chi connectivity index (χ1v) is 4.86. The Labute approximate surface area is 73.3 Å². The highest BCUT2D eigenvalue weighted by Crippen LogP contribution is 2.20. The first kappa shape index (κ1) is 8.48. The van der Waals surface area contributed by atoms with Gasteiger partial charge in [-0.2, -0.15) is 0 Å². The minimum atomic E-state index is 0.312. The second-order valence-electron chi connectivity index (χ2n) is 3.78. The lowest BCUT2D eigenvalue weighted by Gasteiger charge is -2.33. The number of hydrogen-bond acceptors (Lipinski definition) is 3. The zero-order valence-corrected chi connectivity index (χ0v) is 7.41. The maximum absolute atomic E-state index is 9.11. The van der Waals surface area contributed by atoms with Crippen LogP contribution in [0.3, 0.4) is 0 Å². The fraction of sp³-hybridized carbons (Fsp3) is 1.00. The largest absolute Gasteiger partial charge is 0.395 e. The van der Waals surface area contributed by atoms with Crippen LogP contribution in [0, 0.1) is 0 Å². The normalized spacial score (nSPS) is 36.8. The van der Waals surface area contributed by atoms with Gasteiger partial charge < -0.3 is 9.84 Å². The number of hydrogen-bond donors (Lipinski definition) is 1. The monoisotopic (exact) mass is 171 g/mol. The van der Waals surface area contributed by atoms with E-state index in [0.717, 1.165) is 26.1 Å². The van der Waals surface area contributed by atoms with Crippen LogP contribution < -0.4 is 0 Å². The van der Waals surface area contributed by atoms with Gasteiger partial charge in [-0.05, 0) is 19.4 Å². The Morgan fingerprint density at radius 1 is 1.42 bits per heavy atom. The molecule has 2 rings (SSSR count). The minimum Gasteiger partial charge on any atom is -0.395 e. The molecule has 1 N–H and O–H groups in total. The summed E-state index contributed by atoms with van der Waals surface area (Å²) < 4.78 is 5.18. The molecule has 0 saturated carbocycles. The van der Waals surface area contributed by atoms with Crippen molar-refractivity contribution in [3.05, 3.63) is 0 Å². The average molecular weight is 171 g/mol. The average Bonchev–Trinajstić information content (AvgIpc) is 2.89. The molecule has 0 amide bonds. The Kier molecular flexibility index (Phi) is 2.63. The molecule has 12 heavy (non-hydrogen) atoms. The lowest BCUT2D eigenvalue weighted by molar-refractivity contribution is 0.0837. The Morgan fingerprint density at radius 2 is 2.25 bits per heavy atom. The maximum atomic E-state index is 9.11. The van der Waals surface area contributed by atoms with Crippen LogP contribution in [0.5, 0.6) is 0 Å². The van der Waals surface area contributed by atoms with Crippen LogP contribution in [-0.4, -0.2) is 48.5 Å². The topological polar surface area (TPSA) is 36.0 Å². The van der Waals surface area contributed by atoms with E-state index in [4.69, 9.17) is 9.84 Å². The molecule has 1 unspecified atom stereocenters. The number of rotatable bonds is 3. The number of nitrogens with zero attached hydrogens (tertiary/aromatic N) is 1. The summed E-state index contributed by atoms with van der Waals surface area (Å²) in [5.74, 6) is 0. The molecule has 2 saturated heterocycles. The van der Waals surface area contributed by atoms with Crippen molar-refractivity contribution in [3.63, 3.8) is 0 Å². The van der Waals surface area contributed by atoms with E-state index in [0.29, 0.717) is 18.8 Å². The van der Waals surface area contributed by atoms with E-state index < -0.39 is 0 Å². The maximum Gasteiger partial charge on any atom is 0.0936 e. The van der Waals surface area contributed by atoms with Crippen molar-refractivity contribution in [2.75, 3.05) is 26.3 Å². The molecule has 0 aromatic carbocycles. The SMILES string of the molecule is OCC1CCCCN1C[C@@H]1CO1. The van der Waals surface area contributed by atoms with Gasteiger partial charge in [0.25, 0.3) is 0 Å². The summed E-state index contributed by atoms with van der Waals surface area (Å²) in [6, 6.07) is 0.406. The summed E-state index contributed by atoms with van der Waals surface area (Å²) in [7, 11) is 0. The van der Waals surface area contributed by atoms with E-state index in [1.165, 1.54) is 12.8 Å². The number of epoxide rings is 1. The van der Waals surface area contributed by atoms with Crippen LogP contribution in [0.4, 0.5) is 0 Å². The van der Waals surface area contributed by atoms with Crippen molar-refractivity contribution in [3.8, 4) is 0 Å². The first-order chi connectivity index (χ1) is 5.90. The van der Waals surface area contributed by atoms with Gasteiger partial charge >= 0.3 is 0 Å². The lowest BCUT2D eigenvalue weighted by Crippen LogP contribution is -2.43. The van der Waals surface area contributed by atoms with Gasteiger partial charge in [0.1, 0.15) is 0 Å². The van der Waals surface area contributed by atoms with Gasteiger partial charge in [-0.1, -0.05) is 6.42 Å². The van der Waals surface area contributed by atoms with Gasteiger partial charge in [-0.15, -0.1) is 0 Å². The van der Waals surface area contributed by atoms with Crippen molar-refractivity contribution in [1.82, 2.24) is 4.90 Å². The van der Waals surface area contributed by atoms with Crippen molar-refractivity contribution in [2.24, 2.45) is 0 Å². The fourth-order valence-electron chi connectivity index (χ4n) is 1.94. The third kappa shape index (κ3) is 1.97. The number of aliphatic hydroxyl groups excluding tert-OH is 1. The van der Waals surface area contributed by atoms with Crippen LogP contribution in [0.1, 0.15) is 19.3 Å². The Morgan fingerprint density at radius 3 is 2.92 bits per heavy atom. The van der Waals surface area contributed by atoms with E-state index >= 15 is 0 Å². The molecular weight excluding hydrogens is 154 g/mol. The van der Waals surface area contributed by atoms with Crippen LogP contribution >= 0.6 is 0 Å². The highest BCUT2D eigenvalue weighted by atomic mass is 16.6. The summed E-state index contributed by atoms with van der Waals surface area (Å²) in [6.07, 6.45) is 4.18. The van der Waals surface area contributed by atoms with Crippen molar-refractivity contribution < 1.29 is 9.84 Å². The molecule has 2 heterocycles. The molecule has 3 nitrogen and oxygen atoms in total. The molecule has 2 aliphatic rings. The Hall–Kier alpha value is -0.120. The second kappa shape index (κ2) is 3.73. The molecule has 3 heteroatoms. The molecule has 2 aliphatic heterocycles. The van der Waals surface area contributed by atoms with E-state index in [1.807, 2.05) is 0 Å². The number of piperidine rings is 1. The standard InChI is InChI=1S/C9H17NO2/c11-6-8-3-1-2-4-10(8)5-9-7-12-9/h8-9,11H,1-7H2/t8?,9-/m1/s1. The molecule has 0 spiro atoms. The smallest absolute Gasteiger partial charge is 0.0936 e. The number of ether oxygens (including phenoxy) is 1. The highest BCUT2D eigenvalue weighted by Gasteiger charge is 2.29. The van der Waals surface area contributed by atoms with Gasteiger partial charge in [-0.3, -0.25) is 4.90 Å². The molecule has 0 aromatic heterocycles. The van der Waals surface area contributed by atoms with Crippen molar-refractivity contribution in [1.29, 1.82) is 0 Å². The van der Waals surface area contributed by atoms with E-state index in [9.17, 15) is 0 Å². The van der Waals surface area contributed by atoms with Crippen LogP contribution in [0.2, 0.25) is 0 Å². The second-order valence-corrected chi connectivity index (χ2v) is 3.78. The summed E-state index contributed by atoms with van der Waals surface area (Å²) in [5.41, 5.74) is 0. The van der Waals surface area contributed by atoms with Crippen molar-refractivity contribution in [2.45, 2.75) is 31.4 Å². The summed E-state index contributed by atoms with van der Waals surface area (Å²) in [5, 5.41) is 9.11. The third-order valence-electron chi connectivity index (χ3n) is 2.80. The predicted molar refractivity (Wildman–Crippen MR) is 46.0 cm³/mol. The Bertz CT molecular complexity index is 147. The van der Waals surface area contributed by atoms with Gasteiger partial charge in [-0.25, -0.2) is 0 Å². The zero-order valence-electron chi connectivity index (χ0n) is 7.41. The predicted octanol–water partition coefficient (Wildman–Crippen LogP) is 0.232. The van der Waals surface area contributed by atoms with E-state index in [-0.39, 0.29) is 0 Å². The van der Waals surface area contributed by atoms with Crippen molar-refractivity contribution >= 4 is 0 Å². The summed E-state index contributed by atoms with van der Waals surface area (Å²) in [4.78, 5) is 2.38. The fourth-order valence-corrected chi connectivity index (χ4v) is 1.94. The molecular formula is C9H17NO2. The van der Waals surface area contributed by atoms with E-state index in [2.05, 4.69) is 4.90 Å².